The van der Waals surface area contributed by atoms with Crippen molar-refractivity contribution in [3.63, 3.8) is 0 Å². The fourth-order valence-electron chi connectivity index (χ4n) is 1.65. The lowest BCUT2D eigenvalue weighted by molar-refractivity contribution is 0.707. The van der Waals surface area contributed by atoms with Crippen molar-refractivity contribution < 1.29 is 0 Å². The Balaban J connectivity index is 2.38. The number of nitrogens with zero attached hydrogens (tertiary/aromatic N) is 2. The summed E-state index contributed by atoms with van der Waals surface area (Å²) in [5.41, 5.74) is 2.15. The topological polar surface area (TPSA) is 70.7 Å². The van der Waals surface area contributed by atoms with Crippen LogP contribution >= 0.6 is 0 Å². The second-order valence-electron chi connectivity index (χ2n) is 4.03. The molecular weight excluding hydrogens is 228 g/mol. The number of aromatic amines is 1. The van der Waals surface area contributed by atoms with Crippen molar-refractivity contribution in [3.8, 4) is 11.5 Å². The van der Waals surface area contributed by atoms with Gasteiger partial charge in [0.15, 0.2) is 5.82 Å². The van der Waals surface area contributed by atoms with Crippen LogP contribution in [0, 0.1) is 6.92 Å². The Morgan fingerprint density at radius 2 is 2.17 bits per heavy atom. The highest BCUT2D eigenvalue weighted by Crippen LogP contribution is 2.10. The maximum Gasteiger partial charge on any atom is 0.251 e. The van der Waals surface area contributed by atoms with Gasteiger partial charge in [-0.3, -0.25) is 4.79 Å². The maximum absolute atomic E-state index is 11.6. The predicted octanol–water partition coefficient (Wildman–Crippen LogP) is 1.25. The van der Waals surface area contributed by atoms with Crippen LogP contribution in [0.15, 0.2) is 29.1 Å². The number of aryl methyl sites for hydroxylation is 1. The van der Waals surface area contributed by atoms with Crippen molar-refractivity contribution in [1.29, 1.82) is 0 Å². The van der Waals surface area contributed by atoms with Crippen molar-refractivity contribution in [1.82, 2.24) is 20.3 Å². The lowest BCUT2D eigenvalue weighted by Gasteiger charge is -2.05. The van der Waals surface area contributed by atoms with Gasteiger partial charge in [0.1, 0.15) is 5.69 Å². The van der Waals surface area contributed by atoms with Crippen LogP contribution in [-0.2, 0) is 6.54 Å². The number of hydrogen-bond acceptors (Lipinski definition) is 4. The molecule has 0 unspecified atom stereocenters. The van der Waals surface area contributed by atoms with Crippen LogP contribution in [0.25, 0.3) is 11.5 Å². The SMILES string of the molecule is CCNCc1cc(=O)[nH]c(-c2cccc(C)n2)n1. The molecule has 0 aliphatic heterocycles. The van der Waals surface area contributed by atoms with Crippen molar-refractivity contribution in [2.24, 2.45) is 0 Å². The average Bonchev–Trinajstić information content (AvgIpc) is 2.36. The Morgan fingerprint density at radius 3 is 2.89 bits per heavy atom. The zero-order valence-electron chi connectivity index (χ0n) is 10.5. The highest BCUT2D eigenvalue weighted by Gasteiger charge is 2.05. The van der Waals surface area contributed by atoms with E-state index >= 15 is 0 Å². The summed E-state index contributed by atoms with van der Waals surface area (Å²) in [7, 11) is 0. The largest absolute Gasteiger partial charge is 0.311 e. The van der Waals surface area contributed by atoms with Crippen molar-refractivity contribution in [2.75, 3.05) is 6.54 Å². The van der Waals surface area contributed by atoms with Crippen LogP contribution in [-0.4, -0.2) is 21.5 Å². The molecule has 0 aliphatic rings. The summed E-state index contributed by atoms with van der Waals surface area (Å²) < 4.78 is 0. The first-order chi connectivity index (χ1) is 8.69. The first-order valence-corrected chi connectivity index (χ1v) is 5.94. The molecule has 18 heavy (non-hydrogen) atoms. The number of nitrogens with one attached hydrogen (secondary N) is 2. The van der Waals surface area contributed by atoms with Gasteiger partial charge in [-0.15, -0.1) is 0 Å². The van der Waals surface area contributed by atoms with Gasteiger partial charge in [0.2, 0.25) is 0 Å². The fraction of sp³-hybridized carbons (Fsp3) is 0.308. The zero-order valence-corrected chi connectivity index (χ0v) is 10.5. The van der Waals surface area contributed by atoms with Crippen molar-refractivity contribution in [3.05, 3.63) is 46.0 Å². The summed E-state index contributed by atoms with van der Waals surface area (Å²) in [6, 6.07) is 7.14. The van der Waals surface area contributed by atoms with Gasteiger partial charge in [-0.05, 0) is 25.6 Å². The van der Waals surface area contributed by atoms with Crippen LogP contribution in [0.3, 0.4) is 0 Å². The molecule has 94 valence electrons. The minimum Gasteiger partial charge on any atom is -0.311 e. The third kappa shape index (κ3) is 3.01. The molecule has 0 radical (unpaired) electrons. The third-order valence-corrected chi connectivity index (χ3v) is 2.48. The maximum atomic E-state index is 11.6. The summed E-state index contributed by atoms with van der Waals surface area (Å²) in [4.78, 5) is 23.0. The molecule has 0 atom stereocenters. The molecule has 0 spiro atoms. The molecule has 0 fully saturated rings. The Morgan fingerprint density at radius 1 is 1.33 bits per heavy atom. The van der Waals surface area contributed by atoms with Crippen LogP contribution < -0.4 is 10.9 Å². The van der Waals surface area contributed by atoms with E-state index in [4.69, 9.17) is 0 Å². The Labute approximate surface area is 105 Å². The molecular formula is C13H16N4O. The lowest BCUT2D eigenvalue weighted by atomic mass is 10.3. The van der Waals surface area contributed by atoms with Gasteiger partial charge in [0.25, 0.3) is 5.56 Å². The number of pyridine rings is 1. The summed E-state index contributed by atoms with van der Waals surface area (Å²) in [5, 5.41) is 3.15. The second kappa shape index (κ2) is 5.55. The highest BCUT2D eigenvalue weighted by atomic mass is 16.1. The molecule has 0 saturated heterocycles. The van der Waals surface area contributed by atoms with E-state index in [0.29, 0.717) is 18.1 Å². The predicted molar refractivity (Wildman–Crippen MR) is 70.2 cm³/mol. The molecule has 2 aromatic heterocycles. The van der Waals surface area contributed by atoms with Crippen molar-refractivity contribution in [2.45, 2.75) is 20.4 Å². The van der Waals surface area contributed by atoms with Gasteiger partial charge >= 0.3 is 0 Å². The summed E-state index contributed by atoms with van der Waals surface area (Å²) >= 11 is 0. The van der Waals surface area contributed by atoms with E-state index in [9.17, 15) is 4.79 Å². The summed E-state index contributed by atoms with van der Waals surface area (Å²) in [6.45, 7) is 5.34. The smallest absolute Gasteiger partial charge is 0.251 e. The molecule has 2 rings (SSSR count). The molecule has 5 nitrogen and oxygen atoms in total. The van der Waals surface area contributed by atoms with E-state index in [-0.39, 0.29) is 5.56 Å². The minimum absolute atomic E-state index is 0.156. The Bertz CT molecular complexity index is 592. The van der Waals surface area contributed by atoms with Gasteiger partial charge in [0.05, 0.1) is 5.69 Å². The van der Waals surface area contributed by atoms with Gasteiger partial charge in [-0.2, -0.15) is 0 Å². The average molecular weight is 244 g/mol. The number of H-pyrrole nitrogens is 1. The van der Waals surface area contributed by atoms with Gasteiger partial charge in [-0.1, -0.05) is 13.0 Å². The normalized spacial score (nSPS) is 10.6. The van der Waals surface area contributed by atoms with E-state index < -0.39 is 0 Å². The van der Waals surface area contributed by atoms with Crippen LogP contribution in [0.5, 0.6) is 0 Å². The second-order valence-corrected chi connectivity index (χ2v) is 4.03. The van der Waals surface area contributed by atoms with E-state index in [1.807, 2.05) is 32.0 Å². The lowest BCUT2D eigenvalue weighted by Crippen LogP contribution is -2.17. The Kier molecular flexibility index (Phi) is 3.84. The standard InChI is InChI=1S/C13H16N4O/c1-3-14-8-10-7-12(18)17-13(16-10)11-6-4-5-9(2)15-11/h4-7,14H,3,8H2,1-2H3,(H,16,17,18). The molecule has 2 heterocycles. The van der Waals surface area contributed by atoms with E-state index in [0.717, 1.165) is 17.9 Å². The molecule has 0 aliphatic carbocycles. The molecule has 2 aromatic rings. The van der Waals surface area contributed by atoms with Crippen molar-refractivity contribution >= 4 is 0 Å². The summed E-state index contributed by atoms with van der Waals surface area (Å²) in [6.07, 6.45) is 0. The quantitative estimate of drug-likeness (QED) is 0.849. The number of aromatic nitrogens is 3. The molecule has 0 bridgehead atoms. The minimum atomic E-state index is -0.156. The van der Waals surface area contributed by atoms with Gasteiger partial charge < -0.3 is 10.3 Å². The molecule has 0 saturated carbocycles. The van der Waals surface area contributed by atoms with Crippen LogP contribution in [0.1, 0.15) is 18.3 Å². The monoisotopic (exact) mass is 244 g/mol. The first-order valence-electron chi connectivity index (χ1n) is 5.94. The molecule has 0 aromatic carbocycles. The van der Waals surface area contributed by atoms with Gasteiger partial charge in [-0.25, -0.2) is 9.97 Å². The zero-order chi connectivity index (χ0) is 13.0. The molecule has 0 amide bonds. The molecule has 2 N–H and O–H groups in total. The van der Waals surface area contributed by atoms with E-state index in [2.05, 4.69) is 20.3 Å². The third-order valence-electron chi connectivity index (χ3n) is 2.48. The Hall–Kier alpha value is -2.01. The van der Waals surface area contributed by atoms with Gasteiger partial charge in [0, 0.05) is 18.3 Å². The number of hydrogen-bond donors (Lipinski definition) is 2. The number of rotatable bonds is 4. The van der Waals surface area contributed by atoms with Crippen LogP contribution in [0.2, 0.25) is 0 Å². The fourth-order valence-corrected chi connectivity index (χ4v) is 1.65. The van der Waals surface area contributed by atoms with Crippen LogP contribution in [0.4, 0.5) is 0 Å². The summed E-state index contributed by atoms with van der Waals surface area (Å²) in [5.74, 6) is 0.513. The molecule has 5 heteroatoms. The highest BCUT2D eigenvalue weighted by molar-refractivity contribution is 5.48. The first kappa shape index (κ1) is 12.4. The van der Waals surface area contributed by atoms with E-state index in [1.54, 1.807) is 0 Å². The van der Waals surface area contributed by atoms with E-state index in [1.165, 1.54) is 6.07 Å².